The predicted molar refractivity (Wildman–Crippen MR) is 117 cm³/mol. The number of nitriles is 1. The van der Waals surface area contributed by atoms with Crippen LogP contribution >= 0.6 is 0 Å². The average Bonchev–Trinajstić information content (AvgIpc) is 3.09. The van der Waals surface area contributed by atoms with Gasteiger partial charge >= 0.3 is 0 Å². The highest BCUT2D eigenvalue weighted by Gasteiger charge is 2.17. The Balaban J connectivity index is 1.58. The molecule has 0 fully saturated rings. The lowest BCUT2D eigenvalue weighted by molar-refractivity contribution is 0.601. The van der Waals surface area contributed by atoms with Crippen molar-refractivity contribution >= 4 is 26.7 Å². The fourth-order valence-corrected chi connectivity index (χ4v) is 4.59. The molecule has 3 aromatic carbocycles. The molecule has 0 amide bonds. The van der Waals surface area contributed by atoms with Crippen LogP contribution in [0.3, 0.4) is 0 Å². The van der Waals surface area contributed by atoms with Crippen molar-refractivity contribution in [1.29, 1.82) is 5.26 Å². The maximum absolute atomic E-state index is 12.8. The van der Waals surface area contributed by atoms with Gasteiger partial charge in [-0.25, -0.2) is 13.4 Å². The van der Waals surface area contributed by atoms with E-state index in [0.29, 0.717) is 24.1 Å². The summed E-state index contributed by atoms with van der Waals surface area (Å²) in [5.74, 6) is 0.940. The zero-order valence-electron chi connectivity index (χ0n) is 16.4. The van der Waals surface area contributed by atoms with E-state index in [0.717, 1.165) is 22.4 Å². The number of benzene rings is 3. The summed E-state index contributed by atoms with van der Waals surface area (Å²) in [4.78, 5) is 4.75. The zero-order valence-corrected chi connectivity index (χ0v) is 17.2. The maximum Gasteiger partial charge on any atom is 0.261 e. The number of para-hydroxylation sites is 3. The van der Waals surface area contributed by atoms with Gasteiger partial charge in [0.25, 0.3) is 10.0 Å². The number of hydrogen-bond donors (Lipinski definition) is 1. The maximum atomic E-state index is 12.8. The minimum Gasteiger partial charge on any atom is -0.331 e. The first-order valence-electron chi connectivity index (χ1n) is 9.49. The second-order valence-electron chi connectivity index (χ2n) is 6.98. The molecular weight excluding hydrogens is 396 g/mol. The molecule has 6 nitrogen and oxygen atoms in total. The Morgan fingerprint density at radius 1 is 1.00 bits per heavy atom. The van der Waals surface area contributed by atoms with Crippen LogP contribution in [-0.2, 0) is 29.9 Å². The summed E-state index contributed by atoms with van der Waals surface area (Å²) in [5.41, 5.74) is 3.72. The quantitative estimate of drug-likeness (QED) is 0.514. The standard InChI is InChI=1S/C23H20N4O2S/c1-27-22-12-5-4-11-21(22)25-23(27)14-13-18-8-2-3-10-20(18)26-30(28,29)19-9-6-7-17(15-19)16-24/h2-12,15,26H,13-14H2,1H3. The molecular formula is C23H20N4O2S. The Kier molecular flexibility index (Phi) is 5.25. The normalized spacial score (nSPS) is 11.3. The van der Waals surface area contributed by atoms with Gasteiger partial charge in [-0.05, 0) is 48.4 Å². The molecule has 0 unspecified atom stereocenters. The Bertz CT molecular complexity index is 1370. The molecule has 0 saturated carbocycles. The summed E-state index contributed by atoms with van der Waals surface area (Å²) in [6.45, 7) is 0. The van der Waals surface area contributed by atoms with Gasteiger partial charge in [-0.3, -0.25) is 4.72 Å². The van der Waals surface area contributed by atoms with Crippen molar-refractivity contribution in [1.82, 2.24) is 9.55 Å². The summed E-state index contributed by atoms with van der Waals surface area (Å²) in [7, 11) is -1.81. The van der Waals surface area contributed by atoms with E-state index in [2.05, 4.69) is 9.29 Å². The van der Waals surface area contributed by atoms with Crippen molar-refractivity contribution in [3.05, 3.63) is 89.7 Å². The number of aryl methyl sites for hydroxylation is 3. The highest BCUT2D eigenvalue weighted by Crippen LogP contribution is 2.23. The van der Waals surface area contributed by atoms with Crippen LogP contribution < -0.4 is 4.72 Å². The molecule has 0 aliphatic rings. The van der Waals surface area contributed by atoms with E-state index in [4.69, 9.17) is 10.2 Å². The summed E-state index contributed by atoms with van der Waals surface area (Å²) >= 11 is 0. The van der Waals surface area contributed by atoms with Gasteiger partial charge in [0.1, 0.15) is 5.82 Å². The molecule has 150 valence electrons. The summed E-state index contributed by atoms with van der Waals surface area (Å²) in [6.07, 6.45) is 1.31. The Morgan fingerprint density at radius 2 is 1.77 bits per heavy atom. The highest BCUT2D eigenvalue weighted by atomic mass is 32.2. The Hall–Kier alpha value is -3.63. The lowest BCUT2D eigenvalue weighted by Crippen LogP contribution is -2.14. The van der Waals surface area contributed by atoms with Gasteiger partial charge < -0.3 is 4.57 Å². The number of anilines is 1. The molecule has 0 aliphatic carbocycles. The van der Waals surface area contributed by atoms with E-state index in [1.54, 1.807) is 24.3 Å². The summed E-state index contributed by atoms with van der Waals surface area (Å²) < 4.78 is 30.4. The van der Waals surface area contributed by atoms with Crippen molar-refractivity contribution in [3.8, 4) is 6.07 Å². The summed E-state index contributed by atoms with van der Waals surface area (Å²) in [6, 6.07) is 23.2. The Morgan fingerprint density at radius 3 is 2.57 bits per heavy atom. The van der Waals surface area contributed by atoms with Crippen LogP contribution in [0.2, 0.25) is 0 Å². The van der Waals surface area contributed by atoms with Crippen molar-refractivity contribution in [2.75, 3.05) is 4.72 Å². The Labute approximate surface area is 175 Å². The smallest absolute Gasteiger partial charge is 0.261 e. The van der Waals surface area contributed by atoms with Crippen molar-refractivity contribution < 1.29 is 8.42 Å². The van der Waals surface area contributed by atoms with Crippen LogP contribution in [0.25, 0.3) is 11.0 Å². The molecule has 1 heterocycles. The molecule has 0 atom stereocenters. The number of rotatable bonds is 6. The van der Waals surface area contributed by atoms with Gasteiger partial charge in [0.05, 0.1) is 33.2 Å². The minimum absolute atomic E-state index is 0.0618. The van der Waals surface area contributed by atoms with Gasteiger partial charge in [-0.1, -0.05) is 36.4 Å². The number of nitrogens with one attached hydrogen (secondary N) is 1. The minimum atomic E-state index is -3.80. The number of imidazole rings is 1. The number of hydrogen-bond acceptors (Lipinski definition) is 4. The zero-order chi connectivity index (χ0) is 21.1. The van der Waals surface area contributed by atoms with Crippen LogP contribution in [0, 0.1) is 11.3 Å². The molecule has 7 heteroatoms. The molecule has 4 rings (SSSR count). The van der Waals surface area contributed by atoms with Gasteiger partial charge in [-0.2, -0.15) is 5.26 Å². The highest BCUT2D eigenvalue weighted by molar-refractivity contribution is 7.92. The molecule has 30 heavy (non-hydrogen) atoms. The predicted octanol–water partition coefficient (Wildman–Crippen LogP) is 4.03. The lowest BCUT2D eigenvalue weighted by atomic mass is 10.1. The molecule has 4 aromatic rings. The third kappa shape index (κ3) is 3.91. The molecule has 0 bridgehead atoms. The summed E-state index contributed by atoms with van der Waals surface area (Å²) in [5, 5.41) is 9.04. The first kappa shape index (κ1) is 19.7. The lowest BCUT2D eigenvalue weighted by Gasteiger charge is -2.13. The van der Waals surface area contributed by atoms with Crippen molar-refractivity contribution in [3.63, 3.8) is 0 Å². The third-order valence-electron chi connectivity index (χ3n) is 5.03. The second-order valence-corrected chi connectivity index (χ2v) is 8.66. The third-order valence-corrected chi connectivity index (χ3v) is 6.40. The molecule has 0 aliphatic heterocycles. The van der Waals surface area contributed by atoms with Crippen LogP contribution in [0.4, 0.5) is 5.69 Å². The molecule has 0 saturated heterocycles. The van der Waals surface area contributed by atoms with E-state index in [9.17, 15) is 8.42 Å². The molecule has 1 N–H and O–H groups in total. The molecule has 0 radical (unpaired) electrons. The largest absolute Gasteiger partial charge is 0.331 e. The fraction of sp³-hybridized carbons (Fsp3) is 0.130. The SMILES string of the molecule is Cn1c(CCc2ccccc2NS(=O)(=O)c2cccc(C#N)c2)nc2ccccc21. The average molecular weight is 417 g/mol. The first-order valence-corrected chi connectivity index (χ1v) is 11.0. The van der Waals surface area contributed by atoms with Gasteiger partial charge in [0, 0.05) is 13.5 Å². The van der Waals surface area contributed by atoms with Crippen LogP contribution in [-0.4, -0.2) is 18.0 Å². The number of aromatic nitrogens is 2. The van der Waals surface area contributed by atoms with Crippen molar-refractivity contribution in [2.24, 2.45) is 7.05 Å². The van der Waals surface area contributed by atoms with Gasteiger partial charge in [-0.15, -0.1) is 0 Å². The van der Waals surface area contributed by atoms with E-state index in [-0.39, 0.29) is 4.90 Å². The topological polar surface area (TPSA) is 87.8 Å². The number of sulfonamides is 1. The monoisotopic (exact) mass is 416 g/mol. The van der Waals surface area contributed by atoms with Crippen LogP contribution in [0.1, 0.15) is 17.0 Å². The first-order chi connectivity index (χ1) is 14.5. The van der Waals surface area contributed by atoms with Crippen molar-refractivity contribution in [2.45, 2.75) is 17.7 Å². The second kappa shape index (κ2) is 8.01. The van der Waals surface area contributed by atoms with E-state index >= 15 is 0 Å². The van der Waals surface area contributed by atoms with E-state index in [1.807, 2.05) is 49.5 Å². The van der Waals surface area contributed by atoms with Gasteiger partial charge in [0.2, 0.25) is 0 Å². The molecule has 1 aromatic heterocycles. The molecule has 0 spiro atoms. The fourth-order valence-electron chi connectivity index (χ4n) is 3.44. The number of fused-ring (bicyclic) bond motifs is 1. The van der Waals surface area contributed by atoms with E-state index < -0.39 is 10.0 Å². The number of nitrogens with zero attached hydrogens (tertiary/aromatic N) is 3. The van der Waals surface area contributed by atoms with E-state index in [1.165, 1.54) is 12.1 Å². The van der Waals surface area contributed by atoms with Crippen LogP contribution in [0.5, 0.6) is 0 Å². The van der Waals surface area contributed by atoms with Crippen LogP contribution in [0.15, 0.2) is 77.7 Å². The van der Waals surface area contributed by atoms with Gasteiger partial charge in [0.15, 0.2) is 0 Å².